The maximum atomic E-state index is 0. The predicted molar refractivity (Wildman–Crippen MR) is 72.2 cm³/mol. The van der Waals surface area contributed by atoms with E-state index in [1.807, 2.05) is 0 Å². The van der Waals surface area contributed by atoms with E-state index >= 15 is 0 Å². The molecule has 0 rings (SSSR count). The number of rotatable bonds is 0. The zero-order chi connectivity index (χ0) is 0. The summed E-state index contributed by atoms with van der Waals surface area (Å²) in [6.07, 6.45) is 0. The second-order valence-electron chi connectivity index (χ2n) is 0. The van der Waals surface area contributed by atoms with E-state index in [0.717, 1.165) is 0 Å². The average molecular weight is 829 g/mol. The molecule has 97 valence electrons. The van der Waals surface area contributed by atoms with Gasteiger partial charge in [0.25, 0.3) is 0 Å². The Morgan fingerprint density at radius 3 is 0.308 bits per heavy atom. The van der Waals surface area contributed by atoms with Crippen LogP contribution in [-0.4, -0.2) is 164 Å². The summed E-state index contributed by atoms with van der Waals surface area (Å²) in [5, 5.41) is 0. The van der Waals surface area contributed by atoms with Crippen molar-refractivity contribution < 1.29 is 60.7 Å². The Morgan fingerprint density at radius 1 is 0.308 bits per heavy atom. The predicted octanol–water partition coefficient (Wildman–Crippen LogP) is -11.2. The SMILES string of the molecule is O.O.O.O.O.O.O.[Ag].[InH3].[InH3].[InH3].[SnH2].[SnH2]. The Hall–Kier alpha value is 4.67. The summed E-state index contributed by atoms with van der Waals surface area (Å²) in [5.74, 6) is 0. The van der Waals surface area contributed by atoms with E-state index in [9.17, 15) is 0 Å². The van der Waals surface area contributed by atoms with Gasteiger partial charge in [0.1, 0.15) is 0 Å². The van der Waals surface area contributed by atoms with Gasteiger partial charge in [-0.3, -0.25) is 0 Å². The van der Waals surface area contributed by atoms with Crippen LogP contribution in [0.15, 0.2) is 0 Å². The molecule has 0 heterocycles. The molecule has 0 atom stereocenters. The second-order valence-corrected chi connectivity index (χ2v) is 0. The van der Waals surface area contributed by atoms with Crippen molar-refractivity contribution in [2.75, 3.05) is 0 Å². The summed E-state index contributed by atoms with van der Waals surface area (Å²) in [7, 11) is 0. The van der Waals surface area contributed by atoms with Crippen molar-refractivity contribution in [3.63, 3.8) is 0 Å². The first-order valence-corrected chi connectivity index (χ1v) is 0. The monoisotopic (exact) mass is 831 g/mol. The van der Waals surface area contributed by atoms with E-state index in [2.05, 4.69) is 0 Å². The van der Waals surface area contributed by atoms with Gasteiger partial charge in [0, 0.05) is 22.4 Å². The van der Waals surface area contributed by atoms with Crippen LogP contribution in [0, 0.1) is 0 Å². The third-order valence-corrected chi connectivity index (χ3v) is 0. The molecule has 0 aromatic heterocycles. The first-order valence-electron chi connectivity index (χ1n) is 0. The molecule has 0 fully saturated rings. The van der Waals surface area contributed by atoms with Crippen LogP contribution in [0.2, 0.25) is 0 Å². The summed E-state index contributed by atoms with van der Waals surface area (Å²) in [6.45, 7) is 0. The Morgan fingerprint density at radius 2 is 0.308 bits per heavy atom. The van der Waals surface area contributed by atoms with E-state index < -0.39 is 0 Å². The third kappa shape index (κ3) is 165. The van der Waals surface area contributed by atoms with Gasteiger partial charge in [0.15, 0.2) is 0 Å². The molecule has 0 aliphatic heterocycles. The zero-order valence-corrected chi connectivity index (χ0v) is 14.8. The van der Waals surface area contributed by atoms with Gasteiger partial charge in [-0.15, -0.1) is 0 Å². The summed E-state index contributed by atoms with van der Waals surface area (Å²) < 4.78 is 0. The third-order valence-electron chi connectivity index (χ3n) is 0. The van der Waals surface area contributed by atoms with Gasteiger partial charge in [0.2, 0.25) is 0 Å². The van der Waals surface area contributed by atoms with Crippen molar-refractivity contribution in [1.82, 2.24) is 0 Å². The molecule has 0 bridgehead atoms. The van der Waals surface area contributed by atoms with Crippen molar-refractivity contribution in [2.45, 2.75) is 0 Å². The van der Waals surface area contributed by atoms with E-state index in [-0.39, 0.29) is 186 Å². The molecule has 7 nitrogen and oxygen atoms in total. The molecule has 0 aromatic rings. The minimum atomic E-state index is 0. The van der Waals surface area contributed by atoms with Gasteiger partial charge >= 0.3 is 125 Å². The summed E-state index contributed by atoms with van der Waals surface area (Å²) in [5.41, 5.74) is 0. The average Bonchev–Trinajstić information content (AvgIpc) is 0. The van der Waals surface area contributed by atoms with Crippen molar-refractivity contribution in [2.24, 2.45) is 0 Å². The first-order chi connectivity index (χ1) is 0. The van der Waals surface area contributed by atoms with Crippen LogP contribution in [0.1, 0.15) is 0 Å². The van der Waals surface area contributed by atoms with Crippen LogP contribution in [-0.2, 0) is 22.4 Å². The summed E-state index contributed by atoms with van der Waals surface area (Å²) >= 11 is 0. The molecule has 0 aliphatic carbocycles. The van der Waals surface area contributed by atoms with Crippen LogP contribution in [0.4, 0.5) is 0 Å². The Bertz CT molecular complexity index is 21.7. The minimum absolute atomic E-state index is 0. The van der Waals surface area contributed by atoms with E-state index in [1.165, 1.54) is 0 Å². The molecular weight excluding hydrogens is 802 g/mol. The molecule has 0 unspecified atom stereocenters. The van der Waals surface area contributed by atoms with Crippen molar-refractivity contribution in [3.8, 4) is 0 Å². The molecular formula is H27AgIn3O7Sn2. The van der Waals surface area contributed by atoms with Gasteiger partial charge in [-0.25, -0.2) is 0 Å². The van der Waals surface area contributed by atoms with Crippen molar-refractivity contribution in [1.29, 1.82) is 0 Å². The van der Waals surface area contributed by atoms with Gasteiger partial charge < -0.3 is 38.3 Å². The van der Waals surface area contributed by atoms with Crippen LogP contribution < -0.4 is 0 Å². The van der Waals surface area contributed by atoms with Gasteiger partial charge in [-0.2, -0.15) is 0 Å². The van der Waals surface area contributed by atoms with E-state index in [1.54, 1.807) is 0 Å². The molecule has 0 aromatic carbocycles. The Labute approximate surface area is 182 Å². The first kappa shape index (κ1) is 225. The fourth-order valence-electron chi connectivity index (χ4n) is 0. The molecule has 0 spiro atoms. The van der Waals surface area contributed by atoms with Crippen molar-refractivity contribution >= 4 is 125 Å². The maximum absolute atomic E-state index is 0. The van der Waals surface area contributed by atoms with Gasteiger partial charge in [-0.1, -0.05) is 0 Å². The van der Waals surface area contributed by atoms with E-state index in [4.69, 9.17) is 0 Å². The number of hydrogen-bond donors (Lipinski definition) is 0. The molecule has 0 aliphatic rings. The fraction of sp³-hybridized carbons (Fsp3) is 0. The van der Waals surface area contributed by atoms with Crippen LogP contribution >= 0.6 is 0 Å². The fourth-order valence-corrected chi connectivity index (χ4v) is 0. The van der Waals surface area contributed by atoms with Crippen LogP contribution in [0.3, 0.4) is 0 Å². The number of hydrogen-bond acceptors (Lipinski definition) is 0. The summed E-state index contributed by atoms with van der Waals surface area (Å²) in [6, 6.07) is 0. The van der Waals surface area contributed by atoms with Gasteiger partial charge in [0.05, 0.1) is 0 Å². The normalized spacial score (nSPS) is 0. The molecule has 13 heavy (non-hydrogen) atoms. The molecule has 0 saturated heterocycles. The Balaban J connectivity index is 0. The topological polar surface area (TPSA) is 220 Å². The second kappa shape index (κ2) is 188. The standard InChI is InChI=1S/Ag.3In.7H2O.2Sn.13H/h;;;;7*1H2;;;;;;;;;;;;;;;. The molecule has 0 amide bonds. The Kier molecular flexibility index (Phi) is 3250. The van der Waals surface area contributed by atoms with Gasteiger partial charge in [-0.05, 0) is 0 Å². The molecule has 13 heteroatoms. The van der Waals surface area contributed by atoms with E-state index in [0.29, 0.717) is 0 Å². The van der Waals surface area contributed by atoms with Crippen molar-refractivity contribution in [3.05, 3.63) is 0 Å². The molecule has 0 saturated carbocycles. The molecule has 5 radical (unpaired) electrons. The molecule has 14 N–H and O–H groups in total. The zero-order valence-electron chi connectivity index (χ0n) is 5.22. The van der Waals surface area contributed by atoms with Crippen LogP contribution in [0.25, 0.3) is 0 Å². The van der Waals surface area contributed by atoms with Crippen LogP contribution in [0.5, 0.6) is 0 Å². The summed E-state index contributed by atoms with van der Waals surface area (Å²) in [4.78, 5) is 0. The quantitative estimate of drug-likeness (QED) is 0.208.